The Morgan fingerprint density at radius 3 is 2.35 bits per heavy atom. The number of piperazine rings is 1. The van der Waals surface area contributed by atoms with Crippen molar-refractivity contribution in [2.75, 3.05) is 32.8 Å². The molecule has 1 atom stereocenters. The normalized spacial score (nSPS) is 14.4. The molecule has 1 aliphatic heterocycles. The maximum atomic E-state index is 13.5. The van der Waals surface area contributed by atoms with Crippen molar-refractivity contribution in [3.05, 3.63) is 39.1 Å². The number of amides is 3. The molecule has 0 bridgehead atoms. The number of thiazole rings is 1. The Balaban J connectivity index is 1.69. The van der Waals surface area contributed by atoms with E-state index in [-0.39, 0.29) is 29.8 Å². The Bertz CT molecular complexity index is 1180. The average molecular weight is 638 g/mol. The molecule has 1 N–H and O–H groups in total. The maximum Gasteiger partial charge on any atom is 0.409 e. The summed E-state index contributed by atoms with van der Waals surface area (Å²) >= 11 is 4.66. The highest BCUT2D eigenvalue weighted by Crippen LogP contribution is 2.33. The first-order valence-corrected chi connectivity index (χ1v) is 15.0. The highest BCUT2D eigenvalue weighted by molar-refractivity contribution is 9.11. The van der Waals surface area contributed by atoms with Crippen molar-refractivity contribution in [1.82, 2.24) is 20.1 Å². The number of rotatable bonds is 10. The number of esters is 1. The number of halogens is 1. The molecule has 0 aliphatic carbocycles. The van der Waals surface area contributed by atoms with Crippen molar-refractivity contribution >= 4 is 51.1 Å². The number of carbonyl (C=O) groups is 4. The molecule has 1 fully saturated rings. The van der Waals surface area contributed by atoms with Crippen LogP contribution in [0.2, 0.25) is 0 Å². The molecule has 0 radical (unpaired) electrons. The standard InChI is InChI=1S/C28H37BrN4O6S/c1-5-6-18-38-27(37)33-16-14-32(15-17-33)26(36)20(12-13-21(34)39-28(2,3)4)30-24(35)25-31-22(23(29)40-25)19-10-8-7-9-11-19/h7-11,20H,5-6,12-18H2,1-4H3,(H,30,35)/t20-/m0/s1. The maximum absolute atomic E-state index is 13.5. The molecule has 1 aromatic heterocycles. The van der Waals surface area contributed by atoms with Gasteiger partial charge < -0.3 is 24.6 Å². The van der Waals surface area contributed by atoms with Gasteiger partial charge in [-0.05, 0) is 49.5 Å². The minimum Gasteiger partial charge on any atom is -0.460 e. The van der Waals surface area contributed by atoms with Gasteiger partial charge in [-0.25, -0.2) is 9.78 Å². The van der Waals surface area contributed by atoms with E-state index in [2.05, 4.69) is 26.2 Å². The third-order valence-electron chi connectivity index (χ3n) is 6.06. The quantitative estimate of drug-likeness (QED) is 0.292. The Kier molecular flexibility index (Phi) is 11.5. The van der Waals surface area contributed by atoms with Gasteiger partial charge in [0.2, 0.25) is 5.91 Å². The van der Waals surface area contributed by atoms with Crippen LogP contribution in [0.4, 0.5) is 4.79 Å². The molecule has 0 spiro atoms. The van der Waals surface area contributed by atoms with Crippen LogP contribution in [0.1, 0.15) is 63.2 Å². The van der Waals surface area contributed by atoms with Crippen molar-refractivity contribution in [3.8, 4) is 11.3 Å². The Morgan fingerprint density at radius 2 is 1.73 bits per heavy atom. The van der Waals surface area contributed by atoms with Crippen molar-refractivity contribution in [2.45, 2.75) is 65.0 Å². The fourth-order valence-electron chi connectivity index (χ4n) is 4.03. The van der Waals surface area contributed by atoms with Crippen LogP contribution in [0.5, 0.6) is 0 Å². The molecule has 3 rings (SSSR count). The second-order valence-corrected chi connectivity index (χ2v) is 12.8. The van der Waals surface area contributed by atoms with Crippen LogP contribution in [0.3, 0.4) is 0 Å². The summed E-state index contributed by atoms with van der Waals surface area (Å²) in [6, 6.07) is 8.49. The largest absolute Gasteiger partial charge is 0.460 e. The highest BCUT2D eigenvalue weighted by atomic mass is 79.9. The summed E-state index contributed by atoms with van der Waals surface area (Å²) in [5, 5.41) is 2.99. The number of hydrogen-bond acceptors (Lipinski definition) is 8. The van der Waals surface area contributed by atoms with Gasteiger partial charge in [0.25, 0.3) is 5.91 Å². The second-order valence-electron chi connectivity index (χ2n) is 10.4. The van der Waals surface area contributed by atoms with Crippen LogP contribution in [0.25, 0.3) is 11.3 Å². The van der Waals surface area contributed by atoms with Crippen LogP contribution < -0.4 is 5.32 Å². The lowest BCUT2D eigenvalue weighted by molar-refractivity contribution is -0.155. The molecule has 2 aromatic rings. The van der Waals surface area contributed by atoms with Gasteiger partial charge in [0.1, 0.15) is 11.6 Å². The molecule has 3 amide bonds. The van der Waals surface area contributed by atoms with E-state index >= 15 is 0 Å². The topological polar surface area (TPSA) is 118 Å². The first-order valence-electron chi connectivity index (χ1n) is 13.4. The van der Waals surface area contributed by atoms with E-state index in [4.69, 9.17) is 9.47 Å². The van der Waals surface area contributed by atoms with E-state index in [1.807, 2.05) is 37.3 Å². The molecule has 12 heteroatoms. The number of nitrogens with zero attached hydrogens (tertiary/aromatic N) is 3. The first kappa shape index (κ1) is 31.5. The molecular weight excluding hydrogens is 600 g/mol. The van der Waals surface area contributed by atoms with Crippen molar-refractivity contribution in [3.63, 3.8) is 0 Å². The van der Waals surface area contributed by atoms with Crippen LogP contribution in [0.15, 0.2) is 34.1 Å². The van der Waals surface area contributed by atoms with E-state index < -0.39 is 23.5 Å². The fourth-order valence-corrected chi connectivity index (χ4v) is 5.53. The summed E-state index contributed by atoms with van der Waals surface area (Å²) < 4.78 is 11.4. The van der Waals surface area contributed by atoms with Gasteiger partial charge in [0, 0.05) is 38.2 Å². The summed E-state index contributed by atoms with van der Waals surface area (Å²) in [6.45, 7) is 8.93. The van der Waals surface area contributed by atoms with Crippen molar-refractivity contribution < 1.29 is 28.7 Å². The van der Waals surface area contributed by atoms with E-state index in [1.165, 1.54) is 11.3 Å². The van der Waals surface area contributed by atoms with Crippen molar-refractivity contribution in [1.29, 1.82) is 0 Å². The molecule has 0 saturated carbocycles. The zero-order valence-electron chi connectivity index (χ0n) is 23.4. The lowest BCUT2D eigenvalue weighted by Gasteiger charge is -2.36. The number of benzene rings is 1. The summed E-state index contributed by atoms with van der Waals surface area (Å²) in [7, 11) is 0. The molecule has 1 aromatic carbocycles. The van der Waals surface area contributed by atoms with Crippen LogP contribution in [-0.4, -0.2) is 83.1 Å². The minimum absolute atomic E-state index is 0.0471. The number of aromatic nitrogens is 1. The van der Waals surface area contributed by atoms with Crippen molar-refractivity contribution in [2.24, 2.45) is 0 Å². The number of hydrogen-bond donors (Lipinski definition) is 1. The minimum atomic E-state index is -0.967. The van der Waals surface area contributed by atoms with E-state index in [9.17, 15) is 19.2 Å². The number of carbonyl (C=O) groups excluding carboxylic acids is 4. The second kappa shape index (κ2) is 14.6. The Hall–Kier alpha value is -2.99. The Morgan fingerprint density at radius 1 is 1.07 bits per heavy atom. The molecule has 40 heavy (non-hydrogen) atoms. The van der Waals surface area contributed by atoms with Gasteiger partial charge >= 0.3 is 12.1 Å². The van der Waals surface area contributed by atoms with Gasteiger partial charge in [-0.2, -0.15) is 0 Å². The van der Waals surface area contributed by atoms with Gasteiger partial charge in [0.05, 0.1) is 16.1 Å². The monoisotopic (exact) mass is 636 g/mol. The van der Waals surface area contributed by atoms with Gasteiger partial charge in [-0.15, -0.1) is 11.3 Å². The zero-order chi connectivity index (χ0) is 29.3. The summed E-state index contributed by atoms with van der Waals surface area (Å²) in [4.78, 5) is 59.2. The predicted octanol–water partition coefficient (Wildman–Crippen LogP) is 4.87. The Labute approximate surface area is 247 Å². The van der Waals surface area contributed by atoms with E-state index in [0.717, 1.165) is 18.4 Å². The fraction of sp³-hybridized carbons (Fsp3) is 0.536. The molecule has 2 heterocycles. The molecular formula is C28H37BrN4O6S. The predicted molar refractivity (Wildman–Crippen MR) is 156 cm³/mol. The molecule has 1 aliphatic rings. The third-order valence-corrected chi connectivity index (χ3v) is 7.76. The molecule has 218 valence electrons. The molecule has 10 nitrogen and oxygen atoms in total. The first-order chi connectivity index (χ1) is 19.0. The lowest BCUT2D eigenvalue weighted by atomic mass is 10.1. The number of unbranched alkanes of at least 4 members (excludes halogenated alkanes) is 1. The highest BCUT2D eigenvalue weighted by Gasteiger charge is 2.32. The SMILES string of the molecule is CCCCOC(=O)N1CCN(C(=O)[C@H](CCC(=O)OC(C)(C)C)NC(=O)c2nc(-c3ccccc3)c(Br)s2)CC1. The van der Waals surface area contributed by atoms with E-state index in [0.29, 0.717) is 42.3 Å². The van der Waals surface area contributed by atoms with Gasteiger partial charge in [-0.3, -0.25) is 14.4 Å². The lowest BCUT2D eigenvalue weighted by Crippen LogP contribution is -2.56. The van der Waals surface area contributed by atoms with Gasteiger partial charge in [0.15, 0.2) is 5.01 Å². The molecule has 1 saturated heterocycles. The van der Waals surface area contributed by atoms with Crippen LogP contribution >= 0.6 is 27.3 Å². The van der Waals surface area contributed by atoms with Crippen LogP contribution in [0, 0.1) is 0 Å². The number of ether oxygens (including phenoxy) is 2. The van der Waals surface area contributed by atoms with Gasteiger partial charge in [-0.1, -0.05) is 43.7 Å². The zero-order valence-corrected chi connectivity index (χ0v) is 25.8. The average Bonchev–Trinajstić information content (AvgIpc) is 3.32. The molecule has 0 unspecified atom stereocenters. The van der Waals surface area contributed by atoms with E-state index in [1.54, 1.807) is 30.6 Å². The smallest absolute Gasteiger partial charge is 0.409 e. The summed E-state index contributed by atoms with van der Waals surface area (Å²) in [5.74, 6) is -1.29. The number of nitrogens with one attached hydrogen (secondary N) is 1. The third kappa shape index (κ3) is 9.29. The summed E-state index contributed by atoms with van der Waals surface area (Å²) in [6.07, 6.45) is 1.35. The summed E-state index contributed by atoms with van der Waals surface area (Å²) in [5.41, 5.74) is 0.825. The van der Waals surface area contributed by atoms with Crippen LogP contribution in [-0.2, 0) is 19.1 Å².